The summed E-state index contributed by atoms with van der Waals surface area (Å²) in [5, 5.41) is 0. The Hall–Kier alpha value is -2.36. The summed E-state index contributed by atoms with van der Waals surface area (Å²) in [7, 11) is 0. The maximum atomic E-state index is 14.2. The van der Waals surface area contributed by atoms with E-state index >= 15 is 0 Å². The van der Waals surface area contributed by atoms with Crippen LogP contribution in [0.4, 0.5) is 4.39 Å². The Morgan fingerprint density at radius 3 is 2.50 bits per heavy atom. The highest BCUT2D eigenvalue weighted by atomic mass is 19.1. The summed E-state index contributed by atoms with van der Waals surface area (Å²) in [6.07, 6.45) is 1.07. The molecule has 2 aromatic rings. The van der Waals surface area contributed by atoms with E-state index in [0.717, 1.165) is 28.7 Å². The molecule has 0 aliphatic heterocycles. The van der Waals surface area contributed by atoms with Gasteiger partial charge in [0.15, 0.2) is 11.6 Å². The number of ether oxygens (including phenoxy) is 2. The molecule has 0 amide bonds. The molecule has 0 fully saturated rings. The van der Waals surface area contributed by atoms with E-state index in [2.05, 4.69) is 0 Å². The summed E-state index contributed by atoms with van der Waals surface area (Å²) in [6.45, 7) is 7.71. The molecule has 128 valence electrons. The molecular formula is C20H23FO3. The van der Waals surface area contributed by atoms with Crippen LogP contribution in [0.5, 0.6) is 11.5 Å². The zero-order chi connectivity index (χ0) is 17.7. The van der Waals surface area contributed by atoms with E-state index in [1.54, 1.807) is 19.1 Å². The minimum atomic E-state index is -0.377. The second kappa shape index (κ2) is 7.95. The van der Waals surface area contributed by atoms with Gasteiger partial charge in [0.1, 0.15) is 12.4 Å². The molecule has 0 bridgehead atoms. The molecule has 0 N–H and O–H groups in total. The molecule has 0 unspecified atom stereocenters. The summed E-state index contributed by atoms with van der Waals surface area (Å²) >= 11 is 0. The number of carbonyl (C=O) groups is 1. The van der Waals surface area contributed by atoms with Gasteiger partial charge in [0, 0.05) is 12.0 Å². The van der Waals surface area contributed by atoms with Gasteiger partial charge < -0.3 is 9.47 Å². The third-order valence-corrected chi connectivity index (χ3v) is 4.02. The van der Waals surface area contributed by atoms with Gasteiger partial charge in [0.05, 0.1) is 0 Å². The second-order valence-electron chi connectivity index (χ2n) is 5.73. The van der Waals surface area contributed by atoms with Gasteiger partial charge in [-0.15, -0.1) is 0 Å². The van der Waals surface area contributed by atoms with Gasteiger partial charge in [-0.25, -0.2) is 4.39 Å². The highest BCUT2D eigenvalue weighted by Gasteiger charge is 2.13. The maximum Gasteiger partial charge on any atom is 0.310 e. The van der Waals surface area contributed by atoms with E-state index in [4.69, 9.17) is 9.47 Å². The Morgan fingerprint density at radius 1 is 1.08 bits per heavy atom. The van der Waals surface area contributed by atoms with E-state index in [9.17, 15) is 9.18 Å². The SMILES string of the molecule is CCC(=O)Oc1cccc(C)c1COc1cc(C)c(CC)cc1F. The first kappa shape index (κ1) is 18.0. The monoisotopic (exact) mass is 330 g/mol. The fourth-order valence-corrected chi connectivity index (χ4v) is 2.49. The normalized spacial score (nSPS) is 10.5. The van der Waals surface area contributed by atoms with Gasteiger partial charge in [-0.2, -0.15) is 0 Å². The van der Waals surface area contributed by atoms with Crippen LogP contribution >= 0.6 is 0 Å². The fourth-order valence-electron chi connectivity index (χ4n) is 2.49. The lowest BCUT2D eigenvalue weighted by Gasteiger charge is -2.15. The van der Waals surface area contributed by atoms with E-state index in [-0.39, 0.29) is 24.1 Å². The summed E-state index contributed by atoms with van der Waals surface area (Å²) < 4.78 is 25.2. The minimum absolute atomic E-state index is 0.140. The predicted octanol–water partition coefficient (Wildman–Crippen LogP) is 4.90. The molecule has 0 atom stereocenters. The third-order valence-electron chi connectivity index (χ3n) is 4.02. The smallest absolute Gasteiger partial charge is 0.310 e. The van der Waals surface area contributed by atoms with E-state index in [0.29, 0.717) is 12.2 Å². The number of carbonyl (C=O) groups excluding carboxylic acids is 1. The van der Waals surface area contributed by atoms with Crippen molar-refractivity contribution < 1.29 is 18.7 Å². The quantitative estimate of drug-likeness (QED) is 0.558. The molecule has 0 aliphatic rings. The number of benzene rings is 2. The first-order valence-corrected chi connectivity index (χ1v) is 8.17. The first-order chi connectivity index (χ1) is 11.5. The van der Waals surface area contributed by atoms with Crippen molar-refractivity contribution in [2.45, 2.75) is 47.1 Å². The van der Waals surface area contributed by atoms with Crippen LogP contribution in [0.15, 0.2) is 30.3 Å². The molecule has 0 aromatic heterocycles. The highest BCUT2D eigenvalue weighted by Crippen LogP contribution is 2.27. The molecule has 2 aromatic carbocycles. The van der Waals surface area contributed by atoms with Crippen LogP contribution in [-0.4, -0.2) is 5.97 Å². The summed E-state index contributed by atoms with van der Waals surface area (Å²) in [5.41, 5.74) is 3.64. The van der Waals surface area contributed by atoms with Crippen LogP contribution in [-0.2, 0) is 17.8 Å². The Balaban J connectivity index is 2.23. The molecule has 2 rings (SSSR count). The maximum absolute atomic E-state index is 14.2. The standard InChI is InChI=1S/C20H23FO3/c1-5-15-11-17(21)19(10-14(15)4)23-12-16-13(3)8-7-9-18(16)24-20(22)6-2/h7-11H,5-6,12H2,1-4H3. The third kappa shape index (κ3) is 4.13. The number of aryl methyl sites for hydroxylation is 3. The summed E-state index contributed by atoms with van der Waals surface area (Å²) in [6, 6.07) is 8.67. The van der Waals surface area contributed by atoms with Crippen molar-refractivity contribution in [1.29, 1.82) is 0 Å². The van der Waals surface area contributed by atoms with Crippen molar-refractivity contribution in [3.05, 3.63) is 58.4 Å². The lowest BCUT2D eigenvalue weighted by molar-refractivity contribution is -0.134. The molecule has 0 aliphatic carbocycles. The zero-order valence-electron chi connectivity index (χ0n) is 14.6. The van der Waals surface area contributed by atoms with Crippen LogP contribution in [0.1, 0.15) is 42.5 Å². The summed E-state index contributed by atoms with van der Waals surface area (Å²) in [5.74, 6) is -0.0146. The number of rotatable bonds is 6. The van der Waals surface area contributed by atoms with Crippen molar-refractivity contribution in [2.24, 2.45) is 0 Å². The molecular weight excluding hydrogens is 307 g/mol. The number of esters is 1. The Bertz CT molecular complexity index is 738. The fraction of sp³-hybridized carbons (Fsp3) is 0.350. The number of halogens is 1. The first-order valence-electron chi connectivity index (χ1n) is 8.17. The van der Waals surface area contributed by atoms with E-state index in [1.165, 1.54) is 6.07 Å². The topological polar surface area (TPSA) is 35.5 Å². The molecule has 3 nitrogen and oxygen atoms in total. The highest BCUT2D eigenvalue weighted by molar-refractivity contribution is 5.72. The number of hydrogen-bond acceptors (Lipinski definition) is 3. The molecule has 0 heterocycles. The Kier molecular flexibility index (Phi) is 5.96. The molecule has 0 radical (unpaired) electrons. The van der Waals surface area contributed by atoms with Crippen molar-refractivity contribution in [2.75, 3.05) is 0 Å². The van der Waals surface area contributed by atoms with Gasteiger partial charge >= 0.3 is 5.97 Å². The average Bonchev–Trinajstić information content (AvgIpc) is 2.56. The van der Waals surface area contributed by atoms with Gasteiger partial charge in [0.2, 0.25) is 0 Å². The van der Waals surface area contributed by atoms with Crippen molar-refractivity contribution in [3.63, 3.8) is 0 Å². The molecule has 24 heavy (non-hydrogen) atoms. The molecule has 0 saturated heterocycles. The zero-order valence-corrected chi connectivity index (χ0v) is 14.6. The van der Waals surface area contributed by atoms with Crippen molar-refractivity contribution >= 4 is 5.97 Å². The molecule has 4 heteroatoms. The van der Waals surface area contributed by atoms with Gasteiger partial charge in [0.25, 0.3) is 0 Å². The van der Waals surface area contributed by atoms with Gasteiger partial charge in [-0.3, -0.25) is 4.79 Å². The van der Waals surface area contributed by atoms with Crippen molar-refractivity contribution in [1.82, 2.24) is 0 Å². The van der Waals surface area contributed by atoms with Gasteiger partial charge in [-0.1, -0.05) is 26.0 Å². The largest absolute Gasteiger partial charge is 0.486 e. The van der Waals surface area contributed by atoms with Crippen LogP contribution in [0, 0.1) is 19.7 Å². The van der Waals surface area contributed by atoms with Crippen LogP contribution in [0.25, 0.3) is 0 Å². The van der Waals surface area contributed by atoms with Crippen molar-refractivity contribution in [3.8, 4) is 11.5 Å². The van der Waals surface area contributed by atoms with E-state index in [1.807, 2.05) is 32.9 Å². The van der Waals surface area contributed by atoms with Crippen LogP contribution in [0.3, 0.4) is 0 Å². The Morgan fingerprint density at radius 2 is 1.83 bits per heavy atom. The lowest BCUT2D eigenvalue weighted by Crippen LogP contribution is -2.10. The van der Waals surface area contributed by atoms with Gasteiger partial charge in [-0.05, 0) is 55.2 Å². The molecule has 0 saturated carbocycles. The Labute approximate surface area is 142 Å². The predicted molar refractivity (Wildman–Crippen MR) is 92.0 cm³/mol. The minimum Gasteiger partial charge on any atom is -0.486 e. The molecule has 0 spiro atoms. The lowest BCUT2D eigenvalue weighted by atomic mass is 10.1. The van der Waals surface area contributed by atoms with E-state index < -0.39 is 0 Å². The van der Waals surface area contributed by atoms with Crippen LogP contribution in [0.2, 0.25) is 0 Å². The second-order valence-corrected chi connectivity index (χ2v) is 5.73. The average molecular weight is 330 g/mol. The summed E-state index contributed by atoms with van der Waals surface area (Å²) in [4.78, 5) is 11.6. The number of hydrogen-bond donors (Lipinski definition) is 0. The van der Waals surface area contributed by atoms with Crippen LogP contribution < -0.4 is 9.47 Å².